The largest absolute Gasteiger partial charge is 1.00 e. The van der Waals surface area contributed by atoms with Crippen molar-refractivity contribution in [3.63, 3.8) is 0 Å². The van der Waals surface area contributed by atoms with Crippen molar-refractivity contribution in [3.8, 4) is 0 Å². The van der Waals surface area contributed by atoms with Crippen LogP contribution in [0.5, 0.6) is 0 Å². The Morgan fingerprint density at radius 2 is 0.875 bits per heavy atom. The van der Waals surface area contributed by atoms with Gasteiger partial charge in [0, 0.05) is 36.1 Å². The highest BCUT2D eigenvalue weighted by Gasteiger charge is 2.04. The summed E-state index contributed by atoms with van der Waals surface area (Å²) in [5, 5.41) is 0. The topological polar surface area (TPSA) is 7.76 Å². The minimum atomic E-state index is 0. The first-order valence-electron chi connectivity index (χ1n) is 16.0. The number of nitrogens with zero attached hydrogens (tertiary/aromatic N) is 2. The molecule has 0 spiro atoms. The van der Waals surface area contributed by atoms with Crippen LogP contribution >= 0.6 is 0 Å². The molecule has 0 aliphatic carbocycles. The van der Waals surface area contributed by atoms with Crippen molar-refractivity contribution in [2.24, 2.45) is 0 Å². The van der Waals surface area contributed by atoms with Gasteiger partial charge in [0.15, 0.2) is 24.8 Å². The molecule has 2 aromatic heterocycles. The summed E-state index contributed by atoms with van der Waals surface area (Å²) in [5.41, 5.74) is 2.97. The zero-order valence-corrected chi connectivity index (χ0v) is 28.3. The van der Waals surface area contributed by atoms with Crippen molar-refractivity contribution < 1.29 is 45.5 Å². The second-order valence-electron chi connectivity index (χ2n) is 11.2. The SMILES string of the molecule is C=CCCCCCC[n+]1cccc(CCCCCCCCCCCCC[n+]2cccc(CCCC=C)c2)c1.[Cl-].[I-]. The van der Waals surface area contributed by atoms with Crippen LogP contribution in [0.25, 0.3) is 0 Å². The predicted molar refractivity (Wildman–Crippen MR) is 164 cm³/mol. The van der Waals surface area contributed by atoms with E-state index < -0.39 is 0 Å². The molecule has 4 heteroatoms. The molecule has 0 unspecified atom stereocenters. The standard InChI is InChI=1S/C36H58N2.ClH.HI/c1-3-5-7-8-17-21-29-38-32-24-28-36(34-38)26-20-16-14-12-10-9-11-13-15-18-22-30-37-31-23-27-35(33-37)25-19-6-4-2;;/h3-4,23-24,27-28,31-34H,1-2,5-22,25-26,29-30H2;2*1H/q+2;;/p-2. The normalized spacial score (nSPS) is 10.5. The van der Waals surface area contributed by atoms with Crippen LogP contribution < -0.4 is 45.5 Å². The summed E-state index contributed by atoms with van der Waals surface area (Å²) in [7, 11) is 0. The van der Waals surface area contributed by atoms with Crippen LogP contribution in [0.2, 0.25) is 0 Å². The third-order valence-corrected chi connectivity index (χ3v) is 7.67. The minimum Gasteiger partial charge on any atom is -1.00 e. The van der Waals surface area contributed by atoms with Crippen LogP contribution in [-0.2, 0) is 25.9 Å². The number of rotatable bonds is 25. The molecule has 2 nitrogen and oxygen atoms in total. The lowest BCUT2D eigenvalue weighted by Crippen LogP contribution is -3.00. The number of allylic oxidation sites excluding steroid dienone is 2. The predicted octanol–water partition coefficient (Wildman–Crippen LogP) is 3.45. The van der Waals surface area contributed by atoms with E-state index in [0.29, 0.717) is 0 Å². The van der Waals surface area contributed by atoms with Gasteiger partial charge in [0.2, 0.25) is 0 Å². The summed E-state index contributed by atoms with van der Waals surface area (Å²) in [5.74, 6) is 0. The lowest BCUT2D eigenvalue weighted by Gasteiger charge is -2.04. The number of hydrogen-bond donors (Lipinski definition) is 0. The first kappa shape index (κ1) is 38.8. The Balaban J connectivity index is 0.00000760. The summed E-state index contributed by atoms with van der Waals surface area (Å²) < 4.78 is 4.78. The number of aromatic nitrogens is 2. The number of unbranched alkanes of at least 4 members (excludes halogenated alkanes) is 15. The summed E-state index contributed by atoms with van der Waals surface area (Å²) in [6.07, 6.45) is 39.6. The minimum absolute atomic E-state index is 0. The van der Waals surface area contributed by atoms with Crippen LogP contribution in [-0.4, -0.2) is 0 Å². The van der Waals surface area contributed by atoms with Gasteiger partial charge in [-0.05, 0) is 69.9 Å². The molecule has 0 aliphatic heterocycles. The maximum absolute atomic E-state index is 3.82. The zero-order valence-electron chi connectivity index (χ0n) is 25.4. The van der Waals surface area contributed by atoms with E-state index in [9.17, 15) is 0 Å². The second kappa shape index (κ2) is 27.9. The fraction of sp³-hybridized carbons (Fsp3) is 0.611. The van der Waals surface area contributed by atoms with E-state index in [4.69, 9.17) is 0 Å². The molecule has 40 heavy (non-hydrogen) atoms. The number of aryl methyl sites for hydroxylation is 4. The van der Waals surface area contributed by atoms with Gasteiger partial charge in [0.05, 0.1) is 0 Å². The van der Waals surface area contributed by atoms with Crippen molar-refractivity contribution >= 4 is 0 Å². The summed E-state index contributed by atoms with van der Waals surface area (Å²) in [6, 6.07) is 9.00. The van der Waals surface area contributed by atoms with Crippen LogP contribution in [0.3, 0.4) is 0 Å². The Morgan fingerprint density at radius 1 is 0.500 bits per heavy atom. The highest BCUT2D eigenvalue weighted by atomic mass is 127. The highest BCUT2D eigenvalue weighted by molar-refractivity contribution is 5.06. The van der Waals surface area contributed by atoms with Crippen molar-refractivity contribution in [1.29, 1.82) is 0 Å². The van der Waals surface area contributed by atoms with E-state index in [1.807, 2.05) is 12.2 Å². The molecular weight excluding hydrogens is 623 g/mol. The van der Waals surface area contributed by atoms with Crippen LogP contribution in [0.1, 0.15) is 127 Å². The average molecular weight is 681 g/mol. The van der Waals surface area contributed by atoms with Crippen LogP contribution in [0.15, 0.2) is 74.4 Å². The van der Waals surface area contributed by atoms with E-state index in [1.165, 1.54) is 120 Å². The monoisotopic (exact) mass is 680 g/mol. The Labute approximate surface area is 271 Å². The van der Waals surface area contributed by atoms with E-state index in [1.54, 1.807) is 0 Å². The molecule has 0 amide bonds. The molecule has 2 aromatic rings. The van der Waals surface area contributed by atoms with Crippen molar-refractivity contribution in [2.45, 2.75) is 142 Å². The molecular formula is C36H58ClIN2. The lowest BCUT2D eigenvalue weighted by atomic mass is 10.0. The molecule has 2 heterocycles. The van der Waals surface area contributed by atoms with E-state index >= 15 is 0 Å². The quantitative estimate of drug-likeness (QED) is 0.0658. The third-order valence-electron chi connectivity index (χ3n) is 7.67. The van der Waals surface area contributed by atoms with Gasteiger partial charge in [-0.15, -0.1) is 13.2 Å². The molecule has 0 aromatic carbocycles. The summed E-state index contributed by atoms with van der Waals surface area (Å²) >= 11 is 0. The molecule has 0 aliphatic rings. The molecule has 0 radical (unpaired) electrons. The lowest BCUT2D eigenvalue weighted by molar-refractivity contribution is -0.697. The van der Waals surface area contributed by atoms with Gasteiger partial charge in [0.1, 0.15) is 13.1 Å². The molecule has 226 valence electrons. The maximum Gasteiger partial charge on any atom is 0.171 e. The smallest absolute Gasteiger partial charge is 0.171 e. The third kappa shape index (κ3) is 20.6. The van der Waals surface area contributed by atoms with Crippen molar-refractivity contribution in [3.05, 3.63) is 85.5 Å². The Hall–Kier alpha value is -1.20. The van der Waals surface area contributed by atoms with Gasteiger partial charge in [-0.3, -0.25) is 0 Å². The van der Waals surface area contributed by atoms with Crippen LogP contribution in [0.4, 0.5) is 0 Å². The molecule has 0 bridgehead atoms. The van der Waals surface area contributed by atoms with Crippen LogP contribution in [0, 0.1) is 0 Å². The second-order valence-corrected chi connectivity index (χ2v) is 11.2. The summed E-state index contributed by atoms with van der Waals surface area (Å²) in [4.78, 5) is 0. The molecule has 2 rings (SSSR count). The first-order valence-corrected chi connectivity index (χ1v) is 16.0. The van der Waals surface area contributed by atoms with E-state index in [-0.39, 0.29) is 36.4 Å². The molecule has 0 N–H and O–H groups in total. The van der Waals surface area contributed by atoms with E-state index in [2.05, 4.69) is 71.3 Å². The number of hydrogen-bond acceptors (Lipinski definition) is 0. The fourth-order valence-corrected chi connectivity index (χ4v) is 5.33. The molecule has 0 atom stereocenters. The summed E-state index contributed by atoms with van der Waals surface area (Å²) in [6.45, 7) is 9.95. The van der Waals surface area contributed by atoms with Gasteiger partial charge in [-0.2, -0.15) is 0 Å². The van der Waals surface area contributed by atoms with Gasteiger partial charge in [0.25, 0.3) is 0 Å². The molecule has 0 fully saturated rings. The highest BCUT2D eigenvalue weighted by Crippen LogP contribution is 2.13. The van der Waals surface area contributed by atoms with Crippen molar-refractivity contribution in [1.82, 2.24) is 0 Å². The van der Waals surface area contributed by atoms with Crippen molar-refractivity contribution in [2.75, 3.05) is 0 Å². The zero-order chi connectivity index (χ0) is 26.9. The fourth-order valence-electron chi connectivity index (χ4n) is 5.33. The van der Waals surface area contributed by atoms with Gasteiger partial charge >= 0.3 is 0 Å². The van der Waals surface area contributed by atoms with Gasteiger partial charge in [-0.1, -0.05) is 69.9 Å². The molecule has 0 saturated carbocycles. The number of pyridine rings is 2. The Morgan fingerprint density at radius 3 is 1.35 bits per heavy atom. The van der Waals surface area contributed by atoms with Gasteiger partial charge < -0.3 is 36.4 Å². The van der Waals surface area contributed by atoms with Gasteiger partial charge in [-0.25, -0.2) is 9.13 Å². The molecule has 0 saturated heterocycles. The number of halogens is 2. The first-order chi connectivity index (χ1) is 18.8. The Kier molecular flexibility index (Phi) is 27.1. The average Bonchev–Trinajstić information content (AvgIpc) is 2.94. The Bertz CT molecular complexity index is 869. The maximum atomic E-state index is 3.82. The van der Waals surface area contributed by atoms with E-state index in [0.717, 1.165) is 32.4 Å².